The maximum Gasteiger partial charge on any atom is 0.127 e. The van der Waals surface area contributed by atoms with Crippen LogP contribution in [-0.2, 0) is 0 Å². The Morgan fingerprint density at radius 1 is 1.44 bits per heavy atom. The van der Waals surface area contributed by atoms with E-state index in [1.807, 2.05) is 0 Å². The number of rotatable bonds is 5. The zero-order valence-electron chi connectivity index (χ0n) is 9.54. The number of nitrogens with one attached hydrogen (secondary N) is 1. The molecule has 0 saturated heterocycles. The second-order valence-corrected chi connectivity index (χ2v) is 4.41. The lowest BCUT2D eigenvalue weighted by atomic mass is 10.2. The Balaban J connectivity index is 1.79. The van der Waals surface area contributed by atoms with Crippen LogP contribution in [0.4, 0.5) is 15.8 Å². The smallest absolute Gasteiger partial charge is 0.127 e. The van der Waals surface area contributed by atoms with Gasteiger partial charge in [0.2, 0.25) is 0 Å². The Morgan fingerprint density at radius 3 is 2.81 bits per heavy atom. The molecule has 0 heterocycles. The maximum absolute atomic E-state index is 13.0. The molecule has 1 saturated carbocycles. The molecule has 3 N–H and O–H groups in total. The van der Waals surface area contributed by atoms with Gasteiger partial charge in [0.05, 0.1) is 0 Å². The van der Waals surface area contributed by atoms with Crippen LogP contribution in [0.1, 0.15) is 12.8 Å². The summed E-state index contributed by atoms with van der Waals surface area (Å²) in [6.45, 7) is 1.79. The lowest BCUT2D eigenvalue weighted by molar-refractivity contribution is 0.337. The van der Waals surface area contributed by atoms with E-state index in [-0.39, 0.29) is 5.82 Å². The van der Waals surface area contributed by atoms with Crippen LogP contribution in [0.5, 0.6) is 0 Å². The van der Waals surface area contributed by atoms with Gasteiger partial charge in [-0.05, 0) is 38.1 Å². The standard InChI is InChI=1S/C12H18FN3/c1-16(12-2-3-12)5-4-15-11-7-9(13)6-10(14)8-11/h6-8,12,15H,2-5,14H2,1H3. The molecular weight excluding hydrogens is 205 g/mol. The predicted molar refractivity (Wildman–Crippen MR) is 65.0 cm³/mol. The van der Waals surface area contributed by atoms with Gasteiger partial charge in [-0.1, -0.05) is 0 Å². The largest absolute Gasteiger partial charge is 0.399 e. The monoisotopic (exact) mass is 223 g/mol. The highest BCUT2D eigenvalue weighted by Crippen LogP contribution is 2.24. The van der Waals surface area contributed by atoms with E-state index in [1.165, 1.54) is 25.0 Å². The molecule has 2 rings (SSSR count). The van der Waals surface area contributed by atoms with Gasteiger partial charge in [-0.15, -0.1) is 0 Å². The van der Waals surface area contributed by atoms with E-state index in [1.54, 1.807) is 6.07 Å². The quantitative estimate of drug-likeness (QED) is 0.749. The van der Waals surface area contributed by atoms with Gasteiger partial charge in [-0.2, -0.15) is 0 Å². The molecule has 3 nitrogen and oxygen atoms in total. The molecule has 4 heteroatoms. The number of anilines is 2. The van der Waals surface area contributed by atoms with Crippen molar-refractivity contribution < 1.29 is 4.39 Å². The summed E-state index contributed by atoms with van der Waals surface area (Å²) in [7, 11) is 2.12. The number of hydrogen-bond acceptors (Lipinski definition) is 3. The Kier molecular flexibility index (Phi) is 3.29. The van der Waals surface area contributed by atoms with Crippen LogP contribution in [-0.4, -0.2) is 31.1 Å². The number of nitrogens with two attached hydrogens (primary N) is 1. The van der Waals surface area contributed by atoms with Crippen LogP contribution in [0.3, 0.4) is 0 Å². The molecule has 0 amide bonds. The van der Waals surface area contributed by atoms with Crippen molar-refractivity contribution in [3.05, 3.63) is 24.0 Å². The van der Waals surface area contributed by atoms with Crippen LogP contribution in [0.25, 0.3) is 0 Å². The summed E-state index contributed by atoms with van der Waals surface area (Å²) in [6, 6.07) is 5.30. The first-order chi connectivity index (χ1) is 7.65. The molecule has 0 bridgehead atoms. The number of nitrogens with zero attached hydrogens (tertiary/aromatic N) is 1. The highest BCUT2D eigenvalue weighted by molar-refractivity contribution is 5.54. The molecule has 1 aliphatic carbocycles. The molecule has 0 atom stereocenters. The Hall–Kier alpha value is -1.29. The average Bonchev–Trinajstić information content (AvgIpc) is 2.98. The normalized spacial score (nSPS) is 15.4. The van der Waals surface area contributed by atoms with Crippen molar-refractivity contribution in [2.45, 2.75) is 18.9 Å². The summed E-state index contributed by atoms with van der Waals surface area (Å²) in [5, 5.41) is 3.18. The minimum absolute atomic E-state index is 0.293. The van der Waals surface area contributed by atoms with Gasteiger partial charge in [-0.3, -0.25) is 0 Å². The number of nitrogen functional groups attached to an aromatic ring is 1. The number of benzene rings is 1. The molecule has 1 aliphatic rings. The van der Waals surface area contributed by atoms with E-state index in [0.717, 1.165) is 24.8 Å². The van der Waals surface area contributed by atoms with Crippen molar-refractivity contribution in [2.24, 2.45) is 0 Å². The minimum atomic E-state index is -0.293. The van der Waals surface area contributed by atoms with Crippen LogP contribution < -0.4 is 11.1 Å². The van der Waals surface area contributed by atoms with Crippen molar-refractivity contribution in [2.75, 3.05) is 31.2 Å². The van der Waals surface area contributed by atoms with Gasteiger partial charge in [-0.25, -0.2) is 4.39 Å². The first kappa shape index (κ1) is 11.2. The Bertz CT molecular complexity index is 343. The summed E-state index contributed by atoms with van der Waals surface area (Å²) in [6.07, 6.45) is 2.62. The Morgan fingerprint density at radius 2 is 2.19 bits per heavy atom. The fourth-order valence-electron chi connectivity index (χ4n) is 1.79. The zero-order valence-corrected chi connectivity index (χ0v) is 9.54. The molecule has 0 unspecified atom stereocenters. The van der Waals surface area contributed by atoms with Gasteiger partial charge < -0.3 is 16.0 Å². The van der Waals surface area contributed by atoms with Gasteiger partial charge >= 0.3 is 0 Å². The number of halogens is 1. The minimum Gasteiger partial charge on any atom is -0.399 e. The molecule has 88 valence electrons. The molecule has 0 radical (unpaired) electrons. The van der Waals surface area contributed by atoms with Crippen LogP contribution in [0, 0.1) is 5.82 Å². The highest BCUT2D eigenvalue weighted by atomic mass is 19.1. The number of likely N-dealkylation sites (N-methyl/N-ethyl adjacent to an activating group) is 1. The maximum atomic E-state index is 13.0. The van der Waals surface area contributed by atoms with E-state index in [4.69, 9.17) is 5.73 Å². The van der Waals surface area contributed by atoms with Crippen molar-refractivity contribution in [1.82, 2.24) is 4.90 Å². The van der Waals surface area contributed by atoms with E-state index in [0.29, 0.717) is 5.69 Å². The summed E-state index contributed by atoms with van der Waals surface area (Å²) < 4.78 is 13.0. The third kappa shape index (κ3) is 3.10. The predicted octanol–water partition coefficient (Wildman–Crippen LogP) is 1.91. The summed E-state index contributed by atoms with van der Waals surface area (Å²) in [5.41, 5.74) is 6.77. The lowest BCUT2D eigenvalue weighted by Gasteiger charge is -2.16. The number of hydrogen-bond donors (Lipinski definition) is 2. The van der Waals surface area contributed by atoms with Crippen molar-refractivity contribution >= 4 is 11.4 Å². The van der Waals surface area contributed by atoms with Crippen molar-refractivity contribution in [3.63, 3.8) is 0 Å². The summed E-state index contributed by atoms with van der Waals surface area (Å²) in [4.78, 5) is 2.33. The third-order valence-corrected chi connectivity index (χ3v) is 2.88. The molecule has 1 fully saturated rings. The highest BCUT2D eigenvalue weighted by Gasteiger charge is 2.25. The van der Waals surface area contributed by atoms with Crippen molar-refractivity contribution in [1.29, 1.82) is 0 Å². The molecule has 0 aromatic heterocycles. The van der Waals surface area contributed by atoms with E-state index >= 15 is 0 Å². The fraction of sp³-hybridized carbons (Fsp3) is 0.500. The molecule has 0 aliphatic heterocycles. The molecule has 0 spiro atoms. The second-order valence-electron chi connectivity index (χ2n) is 4.41. The van der Waals surface area contributed by atoms with Crippen molar-refractivity contribution in [3.8, 4) is 0 Å². The molecular formula is C12H18FN3. The van der Waals surface area contributed by atoms with Crippen LogP contribution in [0.2, 0.25) is 0 Å². The zero-order chi connectivity index (χ0) is 11.5. The van der Waals surface area contributed by atoms with E-state index < -0.39 is 0 Å². The average molecular weight is 223 g/mol. The molecule has 16 heavy (non-hydrogen) atoms. The van der Waals surface area contributed by atoms with Gasteiger partial charge in [0.25, 0.3) is 0 Å². The van der Waals surface area contributed by atoms with Crippen LogP contribution >= 0.6 is 0 Å². The third-order valence-electron chi connectivity index (χ3n) is 2.88. The fourth-order valence-corrected chi connectivity index (χ4v) is 1.79. The molecule has 1 aromatic rings. The first-order valence-electron chi connectivity index (χ1n) is 5.65. The lowest BCUT2D eigenvalue weighted by Crippen LogP contribution is -2.27. The van der Waals surface area contributed by atoms with E-state index in [9.17, 15) is 4.39 Å². The van der Waals surface area contributed by atoms with Gasteiger partial charge in [0, 0.05) is 30.5 Å². The first-order valence-corrected chi connectivity index (χ1v) is 5.65. The molecule has 1 aromatic carbocycles. The van der Waals surface area contributed by atoms with E-state index in [2.05, 4.69) is 17.3 Å². The summed E-state index contributed by atoms with van der Waals surface area (Å²) >= 11 is 0. The SMILES string of the molecule is CN(CCNc1cc(N)cc(F)c1)C1CC1. The second kappa shape index (κ2) is 4.70. The van der Waals surface area contributed by atoms with Gasteiger partial charge in [0.1, 0.15) is 5.82 Å². The Labute approximate surface area is 95.4 Å². The van der Waals surface area contributed by atoms with Crippen LogP contribution in [0.15, 0.2) is 18.2 Å². The summed E-state index contributed by atoms with van der Waals surface area (Å²) in [5.74, 6) is -0.293. The topological polar surface area (TPSA) is 41.3 Å². The van der Waals surface area contributed by atoms with Gasteiger partial charge in [0.15, 0.2) is 0 Å².